The number of nitrogens with zero attached hydrogens (tertiary/aromatic N) is 1. The van der Waals surface area contributed by atoms with Crippen LogP contribution in [0.25, 0.3) is 0 Å². The zero-order chi connectivity index (χ0) is 21.6. The number of hydrogen-bond acceptors (Lipinski definition) is 3. The molecule has 1 atom stereocenters. The third kappa shape index (κ3) is 8.66. The molecule has 162 valence electrons. The van der Waals surface area contributed by atoms with Gasteiger partial charge < -0.3 is 20.7 Å². The van der Waals surface area contributed by atoms with Crippen molar-refractivity contribution in [2.75, 3.05) is 25.5 Å². The van der Waals surface area contributed by atoms with Crippen LogP contribution in [0.4, 0.5) is 5.69 Å². The normalized spacial score (nSPS) is 12.3. The van der Waals surface area contributed by atoms with Crippen molar-refractivity contribution in [1.29, 1.82) is 0 Å². The molecule has 0 aliphatic carbocycles. The van der Waals surface area contributed by atoms with Crippen LogP contribution in [0.3, 0.4) is 0 Å². The molecule has 1 amide bonds. The van der Waals surface area contributed by atoms with Gasteiger partial charge in [-0.3, -0.25) is 9.79 Å². The Morgan fingerprint density at radius 3 is 2.47 bits per heavy atom. The van der Waals surface area contributed by atoms with Gasteiger partial charge in [-0.2, -0.15) is 0 Å². The molecule has 0 saturated heterocycles. The van der Waals surface area contributed by atoms with E-state index in [1.165, 1.54) is 5.56 Å². The van der Waals surface area contributed by atoms with Gasteiger partial charge in [0.15, 0.2) is 5.96 Å². The summed E-state index contributed by atoms with van der Waals surface area (Å²) >= 11 is 0. The highest BCUT2D eigenvalue weighted by Crippen LogP contribution is 2.15. The Balaban J connectivity index is 1.64. The maximum Gasteiger partial charge on any atom is 0.224 e. The molecule has 0 aliphatic rings. The quantitative estimate of drug-likeness (QED) is 0.294. The molecule has 2 aromatic rings. The van der Waals surface area contributed by atoms with Crippen LogP contribution in [0.15, 0.2) is 59.6 Å². The fourth-order valence-corrected chi connectivity index (χ4v) is 2.92. The number of amides is 1. The molecule has 0 fully saturated rings. The molecule has 3 N–H and O–H groups in total. The van der Waals surface area contributed by atoms with Gasteiger partial charge in [0, 0.05) is 38.9 Å². The molecule has 1 unspecified atom stereocenters. The molecular weight excluding hydrogens is 376 g/mol. The van der Waals surface area contributed by atoms with E-state index in [0.29, 0.717) is 19.6 Å². The Hall–Kier alpha value is -2.86. The number of nitrogens with one attached hydrogen (secondary N) is 3. The van der Waals surface area contributed by atoms with Crippen molar-refractivity contribution in [3.63, 3.8) is 0 Å². The van der Waals surface area contributed by atoms with E-state index >= 15 is 0 Å². The topological polar surface area (TPSA) is 74.8 Å². The average Bonchev–Trinajstić information content (AvgIpc) is 2.77. The lowest BCUT2D eigenvalue weighted by atomic mass is 10.1. The van der Waals surface area contributed by atoms with Gasteiger partial charge in [0.25, 0.3) is 0 Å². The molecule has 0 aliphatic heterocycles. The summed E-state index contributed by atoms with van der Waals surface area (Å²) in [7, 11) is 1.76. The van der Waals surface area contributed by atoms with Crippen LogP contribution in [0.5, 0.6) is 0 Å². The molecule has 0 saturated carbocycles. The first kappa shape index (κ1) is 23.4. The zero-order valence-electron chi connectivity index (χ0n) is 18.3. The van der Waals surface area contributed by atoms with E-state index in [2.05, 4.69) is 40.0 Å². The summed E-state index contributed by atoms with van der Waals surface area (Å²) in [5.41, 5.74) is 3.13. The van der Waals surface area contributed by atoms with Crippen LogP contribution >= 0.6 is 0 Å². The molecule has 2 rings (SSSR count). The van der Waals surface area contributed by atoms with E-state index in [0.717, 1.165) is 36.6 Å². The predicted octanol–water partition coefficient (Wildman–Crippen LogP) is 4.26. The number of ether oxygens (including phenoxy) is 1. The molecule has 0 heterocycles. The Morgan fingerprint density at radius 1 is 1.07 bits per heavy atom. The van der Waals surface area contributed by atoms with Crippen molar-refractivity contribution in [2.24, 2.45) is 4.99 Å². The van der Waals surface area contributed by atoms with Crippen LogP contribution in [0.1, 0.15) is 50.3 Å². The van der Waals surface area contributed by atoms with Gasteiger partial charge in [0.2, 0.25) is 5.91 Å². The van der Waals surface area contributed by atoms with Crippen molar-refractivity contribution in [3.8, 4) is 0 Å². The monoisotopic (exact) mass is 410 g/mol. The van der Waals surface area contributed by atoms with E-state index in [1.54, 1.807) is 7.05 Å². The summed E-state index contributed by atoms with van der Waals surface area (Å²) in [6.45, 7) is 6.19. The number of hydrogen-bond donors (Lipinski definition) is 3. The molecule has 0 bridgehead atoms. The van der Waals surface area contributed by atoms with Gasteiger partial charge in [0.1, 0.15) is 0 Å². The SMILES string of the molecule is CCCC(=O)Nc1ccc(CNC(=NC)NCCCOC(C)c2ccccc2)cc1. The molecule has 0 aromatic heterocycles. The minimum Gasteiger partial charge on any atom is -0.374 e. The summed E-state index contributed by atoms with van der Waals surface area (Å²) in [5.74, 6) is 0.807. The molecule has 6 heteroatoms. The Morgan fingerprint density at radius 2 is 1.80 bits per heavy atom. The fraction of sp³-hybridized carbons (Fsp3) is 0.417. The maximum absolute atomic E-state index is 11.7. The Labute approximate surface area is 180 Å². The third-order valence-corrected chi connectivity index (χ3v) is 4.65. The van der Waals surface area contributed by atoms with Gasteiger partial charge >= 0.3 is 0 Å². The van der Waals surface area contributed by atoms with E-state index < -0.39 is 0 Å². The van der Waals surface area contributed by atoms with Crippen LogP contribution in [0, 0.1) is 0 Å². The lowest BCUT2D eigenvalue weighted by Crippen LogP contribution is -2.37. The summed E-state index contributed by atoms with van der Waals surface area (Å²) in [4.78, 5) is 15.9. The van der Waals surface area contributed by atoms with E-state index in [1.807, 2.05) is 49.4 Å². The minimum atomic E-state index is 0.0510. The van der Waals surface area contributed by atoms with Gasteiger partial charge in [-0.05, 0) is 43.0 Å². The number of guanidine groups is 1. The lowest BCUT2D eigenvalue weighted by molar-refractivity contribution is -0.116. The van der Waals surface area contributed by atoms with Gasteiger partial charge in [-0.15, -0.1) is 0 Å². The second-order valence-electron chi connectivity index (χ2n) is 7.12. The van der Waals surface area contributed by atoms with Crippen molar-refractivity contribution in [3.05, 3.63) is 65.7 Å². The van der Waals surface area contributed by atoms with Crippen molar-refractivity contribution >= 4 is 17.6 Å². The highest BCUT2D eigenvalue weighted by atomic mass is 16.5. The van der Waals surface area contributed by atoms with Crippen molar-refractivity contribution in [1.82, 2.24) is 10.6 Å². The predicted molar refractivity (Wildman–Crippen MR) is 124 cm³/mol. The number of anilines is 1. The first-order chi connectivity index (χ1) is 14.6. The summed E-state index contributed by atoms with van der Waals surface area (Å²) in [6, 6.07) is 18.1. The van der Waals surface area contributed by atoms with E-state index in [-0.39, 0.29) is 12.0 Å². The largest absolute Gasteiger partial charge is 0.374 e. The van der Waals surface area contributed by atoms with Crippen molar-refractivity contribution < 1.29 is 9.53 Å². The smallest absolute Gasteiger partial charge is 0.224 e. The number of benzene rings is 2. The second kappa shape index (κ2) is 13.4. The number of aliphatic imine (C=N–C) groups is 1. The molecular formula is C24H34N4O2. The average molecular weight is 411 g/mol. The van der Waals surface area contributed by atoms with E-state index in [9.17, 15) is 4.79 Å². The Bertz CT molecular complexity index is 776. The van der Waals surface area contributed by atoms with E-state index in [4.69, 9.17) is 4.74 Å². The molecule has 6 nitrogen and oxygen atoms in total. The van der Waals surface area contributed by atoms with Gasteiger partial charge in [-0.1, -0.05) is 49.4 Å². The first-order valence-electron chi connectivity index (χ1n) is 10.6. The highest BCUT2D eigenvalue weighted by Gasteiger charge is 2.05. The number of carbonyl (C=O) groups excluding carboxylic acids is 1. The molecule has 30 heavy (non-hydrogen) atoms. The van der Waals surface area contributed by atoms with Crippen LogP contribution < -0.4 is 16.0 Å². The second-order valence-corrected chi connectivity index (χ2v) is 7.12. The summed E-state index contributed by atoms with van der Waals surface area (Å²) < 4.78 is 5.90. The molecule has 2 aromatic carbocycles. The van der Waals surface area contributed by atoms with Crippen LogP contribution in [-0.4, -0.2) is 32.1 Å². The minimum absolute atomic E-state index is 0.0510. The number of rotatable bonds is 11. The molecule has 0 spiro atoms. The molecule has 0 radical (unpaired) electrons. The van der Waals surface area contributed by atoms with Crippen LogP contribution in [-0.2, 0) is 16.1 Å². The van der Waals surface area contributed by atoms with Crippen LogP contribution in [0.2, 0.25) is 0 Å². The highest BCUT2D eigenvalue weighted by molar-refractivity contribution is 5.90. The maximum atomic E-state index is 11.7. The zero-order valence-corrected chi connectivity index (χ0v) is 18.3. The fourth-order valence-electron chi connectivity index (χ4n) is 2.92. The summed E-state index contributed by atoms with van der Waals surface area (Å²) in [6.07, 6.45) is 2.38. The first-order valence-corrected chi connectivity index (χ1v) is 10.6. The standard InChI is InChI=1S/C24H34N4O2/c1-4-9-23(29)28-22-14-12-20(13-15-22)18-27-24(25-3)26-16-8-17-30-19(2)21-10-6-5-7-11-21/h5-7,10-15,19H,4,8-9,16-18H2,1-3H3,(H,28,29)(H2,25,26,27). The Kier molecular flexibility index (Phi) is 10.4. The van der Waals surface area contributed by atoms with Gasteiger partial charge in [-0.25, -0.2) is 0 Å². The third-order valence-electron chi connectivity index (χ3n) is 4.65. The number of carbonyl (C=O) groups is 1. The summed E-state index contributed by atoms with van der Waals surface area (Å²) in [5, 5.41) is 9.51. The lowest BCUT2D eigenvalue weighted by Gasteiger charge is -2.15. The van der Waals surface area contributed by atoms with Crippen molar-refractivity contribution in [2.45, 2.75) is 45.8 Å². The van der Waals surface area contributed by atoms with Gasteiger partial charge in [0.05, 0.1) is 6.10 Å².